The molecule has 6 nitrogen and oxygen atoms in total. The molecule has 1 aliphatic rings. The normalized spacial score (nSPS) is 15.0. The van der Waals surface area contributed by atoms with Crippen LogP contribution in [0.25, 0.3) is 0 Å². The lowest BCUT2D eigenvalue weighted by atomic mass is 10.1. The molecular formula is C24H22ClN3O3. The van der Waals surface area contributed by atoms with Crippen LogP contribution in [0.3, 0.4) is 0 Å². The number of aromatic nitrogens is 1. The van der Waals surface area contributed by atoms with E-state index in [0.29, 0.717) is 35.1 Å². The van der Waals surface area contributed by atoms with Crippen molar-refractivity contribution in [2.24, 2.45) is 0 Å². The summed E-state index contributed by atoms with van der Waals surface area (Å²) >= 11 is 6.01. The van der Waals surface area contributed by atoms with Gasteiger partial charge in [-0.05, 0) is 61.0 Å². The molecule has 1 aliphatic heterocycles. The molecule has 0 bridgehead atoms. The van der Waals surface area contributed by atoms with Crippen LogP contribution in [-0.2, 0) is 11.3 Å². The van der Waals surface area contributed by atoms with Crippen LogP contribution in [0.5, 0.6) is 5.75 Å². The van der Waals surface area contributed by atoms with Crippen molar-refractivity contribution < 1.29 is 14.3 Å². The van der Waals surface area contributed by atoms with Crippen molar-refractivity contribution >= 4 is 29.1 Å². The van der Waals surface area contributed by atoms with Crippen LogP contribution in [0.2, 0.25) is 5.02 Å². The van der Waals surface area contributed by atoms with Gasteiger partial charge in [0.1, 0.15) is 5.75 Å². The number of amides is 2. The highest BCUT2D eigenvalue weighted by molar-refractivity contribution is 6.30. The SMILES string of the molecule is CCOc1cccc(CNC(=O)C[C@@H]2c3ncccc3C(=O)N2c2ccc(Cl)cc2)c1. The van der Waals surface area contributed by atoms with Crippen LogP contribution < -0.4 is 15.0 Å². The Morgan fingerprint density at radius 2 is 1.97 bits per heavy atom. The Kier molecular flexibility index (Phi) is 6.18. The van der Waals surface area contributed by atoms with Gasteiger partial charge in [0, 0.05) is 23.5 Å². The molecule has 31 heavy (non-hydrogen) atoms. The number of benzene rings is 2. The zero-order chi connectivity index (χ0) is 21.8. The minimum atomic E-state index is -0.486. The first-order valence-electron chi connectivity index (χ1n) is 10.1. The van der Waals surface area contributed by atoms with Crippen LogP contribution in [0.4, 0.5) is 5.69 Å². The predicted octanol–water partition coefficient (Wildman–Crippen LogP) is 4.54. The molecule has 0 saturated heterocycles. The fourth-order valence-corrected chi connectivity index (χ4v) is 3.83. The van der Waals surface area contributed by atoms with Crippen molar-refractivity contribution in [1.29, 1.82) is 0 Å². The van der Waals surface area contributed by atoms with E-state index in [0.717, 1.165) is 11.3 Å². The van der Waals surface area contributed by atoms with Crippen LogP contribution in [-0.4, -0.2) is 23.4 Å². The summed E-state index contributed by atoms with van der Waals surface area (Å²) < 4.78 is 5.51. The van der Waals surface area contributed by atoms with Crippen LogP contribution in [0, 0.1) is 0 Å². The first kappa shape index (κ1) is 20.9. The van der Waals surface area contributed by atoms with Gasteiger partial charge in [0.25, 0.3) is 5.91 Å². The molecule has 0 saturated carbocycles. The molecule has 0 unspecified atom stereocenters. The molecule has 2 aromatic carbocycles. The number of ether oxygens (including phenoxy) is 1. The molecule has 1 aromatic heterocycles. The third-order valence-electron chi connectivity index (χ3n) is 5.10. The molecule has 0 fully saturated rings. The molecular weight excluding hydrogens is 414 g/mol. The largest absolute Gasteiger partial charge is 0.494 e. The zero-order valence-electron chi connectivity index (χ0n) is 17.0. The summed E-state index contributed by atoms with van der Waals surface area (Å²) in [5, 5.41) is 3.52. The van der Waals surface area contributed by atoms with E-state index in [1.54, 1.807) is 47.5 Å². The maximum Gasteiger partial charge on any atom is 0.260 e. The number of carbonyl (C=O) groups is 2. The monoisotopic (exact) mass is 435 g/mol. The van der Waals surface area contributed by atoms with Crippen molar-refractivity contribution in [3.05, 3.63) is 88.7 Å². The molecule has 3 aromatic rings. The average Bonchev–Trinajstić information content (AvgIpc) is 3.05. The van der Waals surface area contributed by atoms with E-state index >= 15 is 0 Å². The van der Waals surface area contributed by atoms with Crippen molar-refractivity contribution in [2.75, 3.05) is 11.5 Å². The van der Waals surface area contributed by atoms with E-state index in [1.807, 2.05) is 31.2 Å². The van der Waals surface area contributed by atoms with Crippen molar-refractivity contribution in [2.45, 2.75) is 25.9 Å². The van der Waals surface area contributed by atoms with Crippen molar-refractivity contribution in [1.82, 2.24) is 10.3 Å². The number of anilines is 1. The number of nitrogens with one attached hydrogen (secondary N) is 1. The number of hydrogen-bond acceptors (Lipinski definition) is 4. The Morgan fingerprint density at radius 3 is 2.74 bits per heavy atom. The van der Waals surface area contributed by atoms with E-state index < -0.39 is 6.04 Å². The van der Waals surface area contributed by atoms with Gasteiger partial charge in [-0.1, -0.05) is 23.7 Å². The molecule has 2 amide bonds. The van der Waals surface area contributed by atoms with Gasteiger partial charge < -0.3 is 10.1 Å². The summed E-state index contributed by atoms with van der Waals surface area (Å²) in [6.07, 6.45) is 1.74. The summed E-state index contributed by atoms with van der Waals surface area (Å²) in [4.78, 5) is 31.9. The first-order valence-corrected chi connectivity index (χ1v) is 10.5. The molecule has 0 spiro atoms. The second-order valence-electron chi connectivity index (χ2n) is 7.16. The minimum absolute atomic E-state index is 0.101. The van der Waals surface area contributed by atoms with Gasteiger partial charge >= 0.3 is 0 Å². The van der Waals surface area contributed by atoms with Gasteiger partial charge in [0.15, 0.2) is 0 Å². The van der Waals surface area contributed by atoms with Crippen LogP contribution in [0.1, 0.15) is 41.0 Å². The van der Waals surface area contributed by atoms with E-state index in [-0.39, 0.29) is 18.2 Å². The number of carbonyl (C=O) groups excluding carboxylic acids is 2. The lowest BCUT2D eigenvalue weighted by molar-refractivity contribution is -0.121. The van der Waals surface area contributed by atoms with E-state index in [9.17, 15) is 9.59 Å². The third kappa shape index (κ3) is 4.54. The highest BCUT2D eigenvalue weighted by atomic mass is 35.5. The smallest absolute Gasteiger partial charge is 0.260 e. The third-order valence-corrected chi connectivity index (χ3v) is 5.35. The van der Waals surface area contributed by atoms with Gasteiger partial charge in [-0.15, -0.1) is 0 Å². The quantitative estimate of drug-likeness (QED) is 0.591. The highest BCUT2D eigenvalue weighted by Gasteiger charge is 2.39. The predicted molar refractivity (Wildman–Crippen MR) is 119 cm³/mol. The molecule has 1 atom stereocenters. The Hall–Kier alpha value is -3.38. The molecule has 2 heterocycles. The van der Waals surface area contributed by atoms with Gasteiger partial charge in [-0.25, -0.2) is 0 Å². The average molecular weight is 436 g/mol. The minimum Gasteiger partial charge on any atom is -0.494 e. The molecule has 158 valence electrons. The van der Waals surface area contributed by atoms with Crippen LogP contribution >= 0.6 is 11.6 Å². The first-order chi connectivity index (χ1) is 15.1. The summed E-state index contributed by atoms with van der Waals surface area (Å²) in [5.41, 5.74) is 2.74. The molecule has 0 aliphatic carbocycles. The Morgan fingerprint density at radius 1 is 1.16 bits per heavy atom. The van der Waals surface area contributed by atoms with Gasteiger partial charge in [-0.2, -0.15) is 0 Å². The fourth-order valence-electron chi connectivity index (χ4n) is 3.70. The zero-order valence-corrected chi connectivity index (χ0v) is 17.8. The standard InChI is InChI=1S/C24H22ClN3O3/c1-2-31-19-6-3-5-16(13-19)15-27-22(29)14-21-23-20(7-4-12-26-23)24(30)28(21)18-10-8-17(25)9-11-18/h3-13,21H,2,14-15H2,1H3,(H,27,29)/t21-/m1/s1. The van der Waals surface area contributed by atoms with Gasteiger partial charge in [-0.3, -0.25) is 19.5 Å². The van der Waals surface area contributed by atoms with E-state index in [2.05, 4.69) is 10.3 Å². The lowest BCUT2D eigenvalue weighted by Crippen LogP contribution is -2.32. The van der Waals surface area contributed by atoms with Crippen LogP contribution in [0.15, 0.2) is 66.9 Å². The van der Waals surface area contributed by atoms with Crippen molar-refractivity contribution in [3.8, 4) is 5.75 Å². The fraction of sp³-hybridized carbons (Fsp3) is 0.208. The topological polar surface area (TPSA) is 71.5 Å². The Labute approximate surface area is 185 Å². The number of rotatable bonds is 7. The second-order valence-corrected chi connectivity index (χ2v) is 7.60. The number of fused-ring (bicyclic) bond motifs is 1. The molecule has 0 radical (unpaired) electrons. The summed E-state index contributed by atoms with van der Waals surface area (Å²) in [5.74, 6) is 0.424. The maximum absolute atomic E-state index is 13.1. The summed E-state index contributed by atoms with van der Waals surface area (Å²) in [6, 6.07) is 17.6. The molecule has 4 rings (SSSR count). The Balaban J connectivity index is 1.51. The highest BCUT2D eigenvalue weighted by Crippen LogP contribution is 2.38. The molecule has 1 N–H and O–H groups in total. The van der Waals surface area contributed by atoms with Gasteiger partial charge in [0.2, 0.25) is 5.91 Å². The number of hydrogen-bond donors (Lipinski definition) is 1. The number of nitrogens with zero attached hydrogens (tertiary/aromatic N) is 2. The van der Waals surface area contributed by atoms with Gasteiger partial charge in [0.05, 0.1) is 30.3 Å². The summed E-state index contributed by atoms with van der Waals surface area (Å²) in [6.45, 7) is 2.88. The van der Waals surface area contributed by atoms with E-state index in [4.69, 9.17) is 16.3 Å². The molecule has 7 heteroatoms. The lowest BCUT2D eigenvalue weighted by Gasteiger charge is -2.24. The van der Waals surface area contributed by atoms with Crippen molar-refractivity contribution in [3.63, 3.8) is 0 Å². The summed E-state index contributed by atoms with van der Waals surface area (Å²) in [7, 11) is 0. The second kappa shape index (κ2) is 9.18. The van der Waals surface area contributed by atoms with E-state index in [1.165, 1.54) is 0 Å². The maximum atomic E-state index is 13.1. The Bertz CT molecular complexity index is 1100. The number of pyridine rings is 1. The number of halogens is 1.